The highest BCUT2D eigenvalue weighted by molar-refractivity contribution is 5.93. The fourth-order valence-electron chi connectivity index (χ4n) is 3.88. The Balaban J connectivity index is 2.05. The van der Waals surface area contributed by atoms with E-state index in [2.05, 4.69) is 13.0 Å². The zero-order valence-corrected chi connectivity index (χ0v) is 15.9. The molecule has 0 bridgehead atoms. The summed E-state index contributed by atoms with van der Waals surface area (Å²) < 4.78 is 5.95. The molecule has 0 aromatic heterocycles. The van der Waals surface area contributed by atoms with Gasteiger partial charge in [0.25, 0.3) is 0 Å². The van der Waals surface area contributed by atoms with Crippen LogP contribution in [-0.2, 0) is 14.3 Å². The highest BCUT2D eigenvalue weighted by atomic mass is 16.5. The number of ketones is 1. The van der Waals surface area contributed by atoms with Gasteiger partial charge in [-0.3, -0.25) is 9.59 Å². The molecule has 0 aliphatic heterocycles. The fraction of sp³-hybridized carbons (Fsp3) is 0.714. The maximum absolute atomic E-state index is 12.6. The second kappa shape index (κ2) is 8.68. The molecule has 0 radical (unpaired) electrons. The number of allylic oxidation sites excluding steroid dienone is 4. The van der Waals surface area contributed by atoms with E-state index in [9.17, 15) is 9.59 Å². The quantitative estimate of drug-likeness (QED) is 0.562. The highest BCUT2D eigenvalue weighted by Crippen LogP contribution is 2.47. The van der Waals surface area contributed by atoms with E-state index in [1.807, 2.05) is 13.8 Å². The zero-order valence-electron chi connectivity index (χ0n) is 15.9. The molecule has 1 N–H and O–H groups in total. The second-order valence-electron chi connectivity index (χ2n) is 8.01. The highest BCUT2D eigenvalue weighted by Gasteiger charge is 2.45. The molecule has 0 aromatic carbocycles. The van der Waals surface area contributed by atoms with E-state index in [1.165, 1.54) is 30.4 Å². The normalized spacial score (nSPS) is 22.0. The Labute approximate surface area is 151 Å². The van der Waals surface area contributed by atoms with Gasteiger partial charge in [-0.15, -0.1) is 0 Å². The minimum atomic E-state index is -0.795. The van der Waals surface area contributed by atoms with Gasteiger partial charge in [0.05, 0.1) is 6.61 Å². The molecule has 0 heterocycles. The van der Waals surface area contributed by atoms with Crippen LogP contribution in [0, 0.1) is 11.3 Å². The number of carbonyl (C=O) groups excluding carboxylic acids is 1. The van der Waals surface area contributed by atoms with Crippen molar-refractivity contribution in [3.05, 3.63) is 23.0 Å². The lowest BCUT2D eigenvalue weighted by Crippen LogP contribution is -2.23. The monoisotopic (exact) mass is 348 g/mol. The van der Waals surface area contributed by atoms with Crippen molar-refractivity contribution >= 4 is 11.8 Å². The van der Waals surface area contributed by atoms with Gasteiger partial charge in [-0.2, -0.15) is 0 Å². The topological polar surface area (TPSA) is 63.6 Å². The molecule has 2 aliphatic carbocycles. The van der Waals surface area contributed by atoms with Crippen molar-refractivity contribution in [1.29, 1.82) is 0 Å². The lowest BCUT2D eigenvalue weighted by Gasteiger charge is -2.23. The molecule has 25 heavy (non-hydrogen) atoms. The number of unbranched alkanes of at least 4 members (excludes halogenated alkanes) is 3. The third-order valence-corrected chi connectivity index (χ3v) is 5.30. The van der Waals surface area contributed by atoms with Crippen molar-refractivity contribution in [3.63, 3.8) is 0 Å². The standard InChI is InChI=1S/C21H32O4/c1-4-5-6-7-9-15-12-16-14-21(2,3)20(24)17(16)13-18(15)25-11-8-10-19(22)23/h12,17H,4-11,13-14H2,1-3H3,(H,22,23). The number of hydrogen-bond donors (Lipinski definition) is 1. The van der Waals surface area contributed by atoms with Crippen LogP contribution in [0.5, 0.6) is 0 Å². The molecule has 1 unspecified atom stereocenters. The molecule has 1 fully saturated rings. The number of carboxylic acids is 1. The SMILES string of the molecule is CCCCCCC1=C(OCCCC(=O)O)CC2C(=O)C(C)(C)CC2=C1. The lowest BCUT2D eigenvalue weighted by atomic mass is 9.86. The van der Waals surface area contributed by atoms with Gasteiger partial charge >= 0.3 is 5.97 Å². The number of fused-ring (bicyclic) bond motifs is 1. The largest absolute Gasteiger partial charge is 0.498 e. The van der Waals surface area contributed by atoms with Crippen LogP contribution in [-0.4, -0.2) is 23.5 Å². The maximum atomic E-state index is 12.6. The molecule has 1 atom stereocenters. The Kier molecular flexibility index (Phi) is 6.86. The van der Waals surface area contributed by atoms with Crippen molar-refractivity contribution in [2.75, 3.05) is 6.61 Å². The van der Waals surface area contributed by atoms with Crippen LogP contribution in [0.4, 0.5) is 0 Å². The summed E-state index contributed by atoms with van der Waals surface area (Å²) in [6.07, 6.45) is 10.1. The average molecular weight is 348 g/mol. The molecule has 0 aromatic rings. The number of ether oxygens (including phenoxy) is 1. The van der Waals surface area contributed by atoms with Crippen LogP contribution in [0.25, 0.3) is 0 Å². The summed E-state index contributed by atoms with van der Waals surface area (Å²) in [5.41, 5.74) is 2.21. The van der Waals surface area contributed by atoms with E-state index in [4.69, 9.17) is 9.84 Å². The summed E-state index contributed by atoms with van der Waals surface area (Å²) in [6, 6.07) is 0. The van der Waals surface area contributed by atoms with Gasteiger partial charge in [0.2, 0.25) is 0 Å². The maximum Gasteiger partial charge on any atom is 0.303 e. The Bertz CT molecular complexity index is 568. The summed E-state index contributed by atoms with van der Waals surface area (Å²) >= 11 is 0. The van der Waals surface area contributed by atoms with Crippen LogP contribution >= 0.6 is 0 Å². The third-order valence-electron chi connectivity index (χ3n) is 5.30. The summed E-state index contributed by atoms with van der Waals surface area (Å²) in [5.74, 6) is 0.400. The fourth-order valence-corrected chi connectivity index (χ4v) is 3.88. The first-order chi connectivity index (χ1) is 11.8. The van der Waals surface area contributed by atoms with Crippen molar-refractivity contribution in [2.45, 2.75) is 78.6 Å². The van der Waals surface area contributed by atoms with Crippen LogP contribution in [0.2, 0.25) is 0 Å². The van der Waals surface area contributed by atoms with Gasteiger partial charge in [-0.05, 0) is 31.3 Å². The van der Waals surface area contributed by atoms with Gasteiger partial charge in [-0.25, -0.2) is 0 Å². The Hall–Kier alpha value is -1.58. The van der Waals surface area contributed by atoms with E-state index in [1.54, 1.807) is 0 Å². The van der Waals surface area contributed by atoms with Crippen LogP contribution in [0.1, 0.15) is 78.6 Å². The molecule has 1 saturated carbocycles. The van der Waals surface area contributed by atoms with Gasteiger partial charge < -0.3 is 9.84 Å². The third kappa shape index (κ3) is 5.20. The van der Waals surface area contributed by atoms with Crippen molar-refractivity contribution in [1.82, 2.24) is 0 Å². The number of aliphatic carboxylic acids is 1. The molecule has 2 aliphatic rings. The van der Waals surface area contributed by atoms with Crippen molar-refractivity contribution < 1.29 is 19.4 Å². The van der Waals surface area contributed by atoms with Crippen molar-refractivity contribution in [3.8, 4) is 0 Å². The van der Waals surface area contributed by atoms with Gasteiger partial charge in [0.15, 0.2) is 0 Å². The van der Waals surface area contributed by atoms with E-state index in [-0.39, 0.29) is 17.8 Å². The van der Waals surface area contributed by atoms with Crippen molar-refractivity contribution in [2.24, 2.45) is 11.3 Å². The first-order valence-corrected chi connectivity index (χ1v) is 9.66. The summed E-state index contributed by atoms with van der Waals surface area (Å²) in [6.45, 7) is 6.68. The average Bonchev–Trinajstić information content (AvgIpc) is 2.77. The smallest absolute Gasteiger partial charge is 0.303 e. The number of Topliss-reactive ketones (excluding diaryl/α,β-unsaturated/α-hetero) is 1. The van der Waals surface area contributed by atoms with Crippen LogP contribution < -0.4 is 0 Å². The zero-order chi connectivity index (χ0) is 18.4. The molecule has 4 nitrogen and oxygen atoms in total. The van der Waals surface area contributed by atoms with E-state index >= 15 is 0 Å². The first kappa shape index (κ1) is 19.7. The van der Waals surface area contributed by atoms with E-state index < -0.39 is 5.97 Å². The van der Waals surface area contributed by atoms with Gasteiger partial charge in [0.1, 0.15) is 11.5 Å². The first-order valence-electron chi connectivity index (χ1n) is 9.66. The Morgan fingerprint density at radius 3 is 2.72 bits per heavy atom. The predicted octanol–water partition coefficient (Wildman–Crippen LogP) is 5.04. The minimum absolute atomic E-state index is 0.0381. The lowest BCUT2D eigenvalue weighted by molar-refractivity contribution is -0.137. The molecule has 0 spiro atoms. The Morgan fingerprint density at radius 2 is 2.04 bits per heavy atom. The number of rotatable bonds is 10. The predicted molar refractivity (Wildman–Crippen MR) is 98.2 cm³/mol. The number of hydrogen-bond acceptors (Lipinski definition) is 3. The van der Waals surface area contributed by atoms with E-state index in [0.717, 1.165) is 25.0 Å². The number of carbonyl (C=O) groups is 2. The van der Waals surface area contributed by atoms with Gasteiger partial charge in [-0.1, -0.05) is 51.7 Å². The molecule has 4 heteroatoms. The molecular formula is C21H32O4. The summed E-state index contributed by atoms with van der Waals surface area (Å²) in [7, 11) is 0. The minimum Gasteiger partial charge on any atom is -0.498 e. The second-order valence-corrected chi connectivity index (χ2v) is 8.01. The molecule has 0 amide bonds. The summed E-state index contributed by atoms with van der Waals surface area (Å²) in [5, 5.41) is 8.76. The molecule has 2 rings (SSSR count). The summed E-state index contributed by atoms with van der Waals surface area (Å²) in [4.78, 5) is 23.3. The Morgan fingerprint density at radius 1 is 1.28 bits per heavy atom. The van der Waals surface area contributed by atoms with Crippen LogP contribution in [0.3, 0.4) is 0 Å². The van der Waals surface area contributed by atoms with Crippen LogP contribution in [0.15, 0.2) is 23.0 Å². The molecular weight excluding hydrogens is 316 g/mol. The van der Waals surface area contributed by atoms with E-state index in [0.29, 0.717) is 25.2 Å². The number of carboxylic acid groups (broad SMARTS) is 1. The molecule has 0 saturated heterocycles. The van der Waals surface area contributed by atoms with Gasteiger partial charge in [0, 0.05) is 24.2 Å². The molecule has 140 valence electrons.